The normalized spacial score (nSPS) is 14.9. The van der Waals surface area contributed by atoms with Crippen LogP contribution in [0.4, 0.5) is 0 Å². The highest BCUT2D eigenvalue weighted by molar-refractivity contribution is 5.90. The molecule has 0 heterocycles. The van der Waals surface area contributed by atoms with Crippen LogP contribution in [0.3, 0.4) is 0 Å². The number of benzene rings is 2. The van der Waals surface area contributed by atoms with E-state index in [2.05, 4.69) is 10.5 Å². The SMILES string of the molecule is C/C(=N\NC(=O)C(c1ccccc1)c1ccccc1)C1CC1. The van der Waals surface area contributed by atoms with Crippen molar-refractivity contribution in [1.29, 1.82) is 0 Å². The Morgan fingerprint density at radius 1 is 1.00 bits per heavy atom. The molecule has 3 heteroatoms. The minimum atomic E-state index is -0.335. The molecule has 0 saturated heterocycles. The topological polar surface area (TPSA) is 41.5 Å². The lowest BCUT2D eigenvalue weighted by molar-refractivity contribution is -0.121. The molecule has 0 bridgehead atoms. The van der Waals surface area contributed by atoms with Crippen LogP contribution in [0.15, 0.2) is 65.8 Å². The molecule has 1 saturated carbocycles. The van der Waals surface area contributed by atoms with Crippen molar-refractivity contribution < 1.29 is 4.79 Å². The quantitative estimate of drug-likeness (QED) is 0.662. The van der Waals surface area contributed by atoms with Gasteiger partial charge in [-0.15, -0.1) is 0 Å². The fourth-order valence-electron chi connectivity index (χ4n) is 2.59. The second-order valence-electron chi connectivity index (χ2n) is 5.76. The van der Waals surface area contributed by atoms with Crippen molar-refractivity contribution in [2.75, 3.05) is 0 Å². The highest BCUT2D eigenvalue weighted by Gasteiger charge is 2.26. The number of nitrogens with one attached hydrogen (secondary N) is 1. The number of hydrazone groups is 1. The summed E-state index contributed by atoms with van der Waals surface area (Å²) in [6.07, 6.45) is 2.37. The van der Waals surface area contributed by atoms with Gasteiger partial charge in [0.05, 0.1) is 5.92 Å². The Labute approximate surface area is 131 Å². The number of hydrogen-bond acceptors (Lipinski definition) is 2. The van der Waals surface area contributed by atoms with Crippen molar-refractivity contribution >= 4 is 11.6 Å². The van der Waals surface area contributed by atoms with E-state index in [9.17, 15) is 4.79 Å². The molecular formula is C19H20N2O. The second-order valence-corrected chi connectivity index (χ2v) is 5.76. The molecule has 3 rings (SSSR count). The summed E-state index contributed by atoms with van der Waals surface area (Å²) in [5, 5.41) is 4.28. The molecule has 22 heavy (non-hydrogen) atoms. The zero-order valence-corrected chi connectivity index (χ0v) is 12.7. The Bertz CT molecular complexity index is 621. The van der Waals surface area contributed by atoms with Gasteiger partial charge in [-0.1, -0.05) is 60.7 Å². The van der Waals surface area contributed by atoms with Gasteiger partial charge >= 0.3 is 0 Å². The molecule has 1 amide bonds. The Kier molecular flexibility index (Phi) is 4.33. The molecule has 1 fully saturated rings. The van der Waals surface area contributed by atoms with E-state index in [1.807, 2.05) is 67.6 Å². The summed E-state index contributed by atoms with van der Waals surface area (Å²) in [5.41, 5.74) is 5.73. The number of carbonyl (C=O) groups is 1. The van der Waals surface area contributed by atoms with Crippen LogP contribution in [0.2, 0.25) is 0 Å². The van der Waals surface area contributed by atoms with Gasteiger partial charge in [0, 0.05) is 5.71 Å². The molecule has 2 aromatic carbocycles. The van der Waals surface area contributed by atoms with Crippen molar-refractivity contribution in [3.05, 3.63) is 71.8 Å². The molecule has 0 aliphatic heterocycles. The molecule has 0 atom stereocenters. The predicted molar refractivity (Wildman–Crippen MR) is 88.7 cm³/mol. The number of hydrogen-bond donors (Lipinski definition) is 1. The third-order valence-electron chi connectivity index (χ3n) is 4.04. The van der Waals surface area contributed by atoms with Crippen molar-refractivity contribution in [1.82, 2.24) is 5.43 Å². The molecule has 0 unspecified atom stereocenters. The number of nitrogens with zero attached hydrogens (tertiary/aromatic N) is 1. The maximum atomic E-state index is 12.7. The lowest BCUT2D eigenvalue weighted by Crippen LogP contribution is -2.27. The van der Waals surface area contributed by atoms with Crippen LogP contribution in [0.5, 0.6) is 0 Å². The molecule has 1 aliphatic carbocycles. The minimum absolute atomic E-state index is 0.0857. The third kappa shape index (κ3) is 3.42. The van der Waals surface area contributed by atoms with Gasteiger partial charge in [0.15, 0.2) is 0 Å². The first-order chi connectivity index (χ1) is 10.8. The highest BCUT2D eigenvalue weighted by atomic mass is 16.2. The second kappa shape index (κ2) is 6.56. The zero-order chi connectivity index (χ0) is 15.4. The summed E-state index contributed by atoms with van der Waals surface area (Å²) >= 11 is 0. The van der Waals surface area contributed by atoms with Crippen LogP contribution in [0.25, 0.3) is 0 Å². The third-order valence-corrected chi connectivity index (χ3v) is 4.04. The van der Waals surface area contributed by atoms with E-state index in [1.165, 1.54) is 12.8 Å². The van der Waals surface area contributed by atoms with Crippen LogP contribution in [0, 0.1) is 5.92 Å². The van der Waals surface area contributed by atoms with Crippen LogP contribution < -0.4 is 5.43 Å². The van der Waals surface area contributed by atoms with E-state index >= 15 is 0 Å². The van der Waals surface area contributed by atoms with Crippen molar-refractivity contribution in [2.24, 2.45) is 11.0 Å². The monoisotopic (exact) mass is 292 g/mol. The van der Waals surface area contributed by atoms with E-state index in [4.69, 9.17) is 0 Å². The first-order valence-electron chi connectivity index (χ1n) is 7.69. The fourth-order valence-corrected chi connectivity index (χ4v) is 2.59. The summed E-state index contributed by atoms with van der Waals surface area (Å²) in [7, 11) is 0. The molecule has 0 radical (unpaired) electrons. The Hall–Kier alpha value is -2.42. The van der Waals surface area contributed by atoms with Crippen LogP contribution in [0.1, 0.15) is 36.8 Å². The zero-order valence-electron chi connectivity index (χ0n) is 12.7. The molecule has 0 aromatic heterocycles. The summed E-state index contributed by atoms with van der Waals surface area (Å²) in [6, 6.07) is 19.7. The average Bonchev–Trinajstić information content (AvgIpc) is 3.40. The summed E-state index contributed by atoms with van der Waals surface area (Å²) < 4.78 is 0. The van der Waals surface area contributed by atoms with Crippen LogP contribution in [-0.4, -0.2) is 11.6 Å². The van der Waals surface area contributed by atoms with E-state index in [1.54, 1.807) is 0 Å². The Morgan fingerprint density at radius 2 is 1.50 bits per heavy atom. The van der Waals surface area contributed by atoms with E-state index in [0.717, 1.165) is 16.8 Å². The van der Waals surface area contributed by atoms with Gasteiger partial charge in [-0.3, -0.25) is 4.79 Å². The minimum Gasteiger partial charge on any atom is -0.272 e. The lowest BCUT2D eigenvalue weighted by atomic mass is 9.91. The van der Waals surface area contributed by atoms with E-state index in [-0.39, 0.29) is 11.8 Å². The standard InChI is InChI=1S/C19H20N2O/c1-14(15-12-13-15)20-21-19(22)18(16-8-4-2-5-9-16)17-10-6-3-7-11-17/h2-11,15,18H,12-13H2,1H3,(H,21,22)/b20-14+. The van der Waals surface area contributed by atoms with Crippen LogP contribution >= 0.6 is 0 Å². The molecule has 2 aromatic rings. The van der Waals surface area contributed by atoms with E-state index in [0.29, 0.717) is 5.92 Å². The maximum Gasteiger partial charge on any atom is 0.252 e. The van der Waals surface area contributed by atoms with E-state index < -0.39 is 0 Å². The van der Waals surface area contributed by atoms with Crippen molar-refractivity contribution in [3.8, 4) is 0 Å². The summed E-state index contributed by atoms with van der Waals surface area (Å²) in [6.45, 7) is 1.98. The first-order valence-corrected chi connectivity index (χ1v) is 7.69. The Morgan fingerprint density at radius 3 is 1.95 bits per heavy atom. The highest BCUT2D eigenvalue weighted by Crippen LogP contribution is 2.30. The number of rotatable bonds is 5. The van der Waals surface area contributed by atoms with Gasteiger partial charge in [0.2, 0.25) is 0 Å². The average molecular weight is 292 g/mol. The number of carbonyl (C=O) groups excluding carboxylic acids is 1. The molecule has 1 N–H and O–H groups in total. The van der Waals surface area contributed by atoms with Gasteiger partial charge in [-0.25, -0.2) is 5.43 Å². The molecule has 0 spiro atoms. The van der Waals surface area contributed by atoms with Crippen molar-refractivity contribution in [2.45, 2.75) is 25.7 Å². The molecule has 3 nitrogen and oxygen atoms in total. The van der Waals surface area contributed by atoms with Gasteiger partial charge in [-0.2, -0.15) is 5.10 Å². The molecule has 1 aliphatic rings. The largest absolute Gasteiger partial charge is 0.272 e. The van der Waals surface area contributed by atoms with Gasteiger partial charge in [-0.05, 0) is 36.8 Å². The first kappa shape index (κ1) is 14.5. The predicted octanol–water partition coefficient (Wildman–Crippen LogP) is 3.72. The molecule has 112 valence electrons. The maximum absolute atomic E-state index is 12.7. The summed E-state index contributed by atoms with van der Waals surface area (Å²) in [4.78, 5) is 12.7. The fraction of sp³-hybridized carbons (Fsp3) is 0.263. The van der Waals surface area contributed by atoms with Crippen molar-refractivity contribution in [3.63, 3.8) is 0 Å². The summed E-state index contributed by atoms with van der Waals surface area (Å²) in [5.74, 6) is 0.141. The molecular weight excluding hydrogens is 272 g/mol. The van der Waals surface area contributed by atoms with Crippen LogP contribution in [-0.2, 0) is 4.79 Å². The lowest BCUT2D eigenvalue weighted by Gasteiger charge is -2.16. The van der Waals surface area contributed by atoms with Gasteiger partial charge < -0.3 is 0 Å². The van der Waals surface area contributed by atoms with Gasteiger partial charge in [0.1, 0.15) is 0 Å². The van der Waals surface area contributed by atoms with Gasteiger partial charge in [0.25, 0.3) is 5.91 Å². The Balaban J connectivity index is 1.85. The number of amides is 1. The smallest absolute Gasteiger partial charge is 0.252 e.